The number of rotatable bonds is 4. The second-order valence-corrected chi connectivity index (χ2v) is 8.13. The molecule has 21 heavy (non-hydrogen) atoms. The Kier molecular flexibility index (Phi) is 3.71. The summed E-state index contributed by atoms with van der Waals surface area (Å²) < 4.78 is 26.2. The molecule has 3 rings (SSSR count). The summed E-state index contributed by atoms with van der Waals surface area (Å²) in [5.74, 6) is -0.711. The van der Waals surface area contributed by atoms with Gasteiger partial charge in [-0.2, -0.15) is 0 Å². The Morgan fingerprint density at radius 2 is 1.57 bits per heavy atom. The molecule has 2 aromatic rings. The minimum Gasteiger partial charge on any atom is -0.303 e. The molecule has 0 aromatic heterocycles. The normalized spacial score (nSPS) is 24.5. The van der Waals surface area contributed by atoms with E-state index >= 15 is 0 Å². The van der Waals surface area contributed by atoms with E-state index in [1.165, 1.54) is 0 Å². The third kappa shape index (κ3) is 2.56. The van der Waals surface area contributed by atoms with E-state index in [2.05, 4.69) is 15.9 Å². The van der Waals surface area contributed by atoms with Gasteiger partial charge < -0.3 is 4.79 Å². The Labute approximate surface area is 132 Å². The highest BCUT2D eigenvalue weighted by Crippen LogP contribution is 2.52. The zero-order chi connectivity index (χ0) is 15.0. The highest BCUT2D eigenvalue weighted by Gasteiger charge is 2.58. The van der Waals surface area contributed by atoms with Gasteiger partial charge in [0.05, 0.1) is 10.1 Å². The van der Waals surface area contributed by atoms with Crippen molar-refractivity contribution in [1.82, 2.24) is 0 Å². The minimum atomic E-state index is -3.48. The summed E-state index contributed by atoms with van der Waals surface area (Å²) in [6.45, 7) is 0. The lowest BCUT2D eigenvalue weighted by molar-refractivity contribution is -0.108. The van der Waals surface area contributed by atoms with Crippen LogP contribution < -0.4 is 0 Å². The van der Waals surface area contributed by atoms with Crippen LogP contribution >= 0.6 is 15.9 Å². The summed E-state index contributed by atoms with van der Waals surface area (Å²) >= 11 is 3.35. The van der Waals surface area contributed by atoms with Crippen LogP contribution in [0.4, 0.5) is 0 Å². The molecule has 0 N–H and O–H groups in total. The van der Waals surface area contributed by atoms with Crippen molar-refractivity contribution in [3.05, 3.63) is 64.6 Å². The molecule has 0 radical (unpaired) electrons. The SMILES string of the molecule is O=C[C@H]1[C@H](c2ccc(Br)cc2)[C@@H]1S(=O)(=O)c1ccccc1. The van der Waals surface area contributed by atoms with E-state index in [1.807, 2.05) is 24.3 Å². The highest BCUT2D eigenvalue weighted by atomic mass is 79.9. The molecule has 0 spiro atoms. The minimum absolute atomic E-state index is 0.249. The van der Waals surface area contributed by atoms with Crippen molar-refractivity contribution in [3.8, 4) is 0 Å². The molecular formula is C16H13BrO3S. The fourth-order valence-corrected chi connectivity index (χ4v) is 5.13. The van der Waals surface area contributed by atoms with Crippen molar-refractivity contribution >= 4 is 32.1 Å². The van der Waals surface area contributed by atoms with Gasteiger partial charge in [-0.05, 0) is 29.8 Å². The Bertz CT molecular complexity index is 754. The lowest BCUT2D eigenvalue weighted by atomic mass is 10.1. The molecule has 0 saturated heterocycles. The van der Waals surface area contributed by atoms with Crippen LogP contribution in [0, 0.1) is 5.92 Å². The number of aldehydes is 1. The third-order valence-corrected chi connectivity index (χ3v) is 6.63. The summed E-state index contributed by atoms with van der Waals surface area (Å²) in [7, 11) is -3.48. The van der Waals surface area contributed by atoms with Crippen molar-refractivity contribution in [1.29, 1.82) is 0 Å². The molecule has 1 aliphatic rings. The number of carbonyl (C=O) groups is 1. The van der Waals surface area contributed by atoms with E-state index in [4.69, 9.17) is 0 Å². The van der Waals surface area contributed by atoms with Crippen molar-refractivity contribution in [3.63, 3.8) is 0 Å². The molecule has 0 unspecified atom stereocenters. The number of hydrogen-bond acceptors (Lipinski definition) is 3. The lowest BCUT2D eigenvalue weighted by Crippen LogP contribution is -2.10. The number of carbonyl (C=O) groups excluding carboxylic acids is 1. The predicted molar refractivity (Wildman–Crippen MR) is 83.9 cm³/mol. The smallest absolute Gasteiger partial charge is 0.182 e. The van der Waals surface area contributed by atoms with Gasteiger partial charge >= 0.3 is 0 Å². The fourth-order valence-electron chi connectivity index (χ4n) is 2.73. The molecule has 0 amide bonds. The topological polar surface area (TPSA) is 51.2 Å². The van der Waals surface area contributed by atoms with Crippen LogP contribution in [0.1, 0.15) is 11.5 Å². The quantitative estimate of drug-likeness (QED) is 0.782. The first-order chi connectivity index (χ1) is 10.1. The largest absolute Gasteiger partial charge is 0.303 e. The average Bonchev–Trinajstić information content (AvgIpc) is 3.24. The molecule has 108 valence electrons. The van der Waals surface area contributed by atoms with Crippen LogP contribution in [0.15, 0.2) is 64.0 Å². The van der Waals surface area contributed by atoms with E-state index in [1.54, 1.807) is 30.3 Å². The molecule has 0 bridgehead atoms. The first-order valence-corrected chi connectivity index (χ1v) is 8.89. The lowest BCUT2D eigenvalue weighted by Gasteiger charge is -2.04. The number of sulfone groups is 1. The van der Waals surface area contributed by atoms with E-state index in [0.29, 0.717) is 0 Å². The van der Waals surface area contributed by atoms with E-state index in [9.17, 15) is 13.2 Å². The standard InChI is InChI=1S/C16H13BrO3S/c17-12-8-6-11(7-9-12)15-14(10-18)16(15)21(19,20)13-4-2-1-3-5-13/h1-10,14-16H/t14-,15-,16+/m0/s1. The highest BCUT2D eigenvalue weighted by molar-refractivity contribution is 9.10. The Hall–Kier alpha value is -1.46. The van der Waals surface area contributed by atoms with E-state index < -0.39 is 21.0 Å². The van der Waals surface area contributed by atoms with Crippen LogP contribution in [-0.2, 0) is 14.6 Å². The monoisotopic (exact) mass is 364 g/mol. The van der Waals surface area contributed by atoms with Crippen LogP contribution in [0.5, 0.6) is 0 Å². The maximum Gasteiger partial charge on any atom is 0.182 e. The zero-order valence-electron chi connectivity index (χ0n) is 11.0. The molecule has 2 aromatic carbocycles. The number of hydrogen-bond donors (Lipinski definition) is 0. The van der Waals surface area contributed by atoms with Gasteiger partial charge in [0.1, 0.15) is 6.29 Å². The van der Waals surface area contributed by atoms with Gasteiger partial charge in [-0.15, -0.1) is 0 Å². The molecule has 3 atom stereocenters. The maximum absolute atomic E-state index is 12.6. The Balaban J connectivity index is 1.96. The molecule has 1 fully saturated rings. The number of halogens is 1. The summed E-state index contributed by atoms with van der Waals surface area (Å²) in [6, 6.07) is 15.8. The van der Waals surface area contributed by atoms with E-state index in [-0.39, 0.29) is 10.8 Å². The molecule has 3 nitrogen and oxygen atoms in total. The number of benzene rings is 2. The Morgan fingerprint density at radius 1 is 0.952 bits per heavy atom. The second-order valence-electron chi connectivity index (χ2n) is 5.11. The van der Waals surface area contributed by atoms with Crippen molar-refractivity contribution in [2.24, 2.45) is 5.92 Å². The van der Waals surface area contributed by atoms with Gasteiger partial charge in [-0.1, -0.05) is 46.3 Å². The molecule has 5 heteroatoms. The molecule has 1 saturated carbocycles. The van der Waals surface area contributed by atoms with Crippen LogP contribution in [0.25, 0.3) is 0 Å². The molecular weight excluding hydrogens is 352 g/mol. The first-order valence-electron chi connectivity index (χ1n) is 6.55. The Morgan fingerprint density at radius 3 is 2.14 bits per heavy atom. The van der Waals surface area contributed by atoms with Gasteiger partial charge in [-0.25, -0.2) is 8.42 Å². The van der Waals surface area contributed by atoms with Gasteiger partial charge in [0.25, 0.3) is 0 Å². The van der Waals surface area contributed by atoms with E-state index in [0.717, 1.165) is 16.3 Å². The predicted octanol–water partition coefficient (Wildman–Crippen LogP) is 3.20. The first kappa shape index (κ1) is 14.5. The zero-order valence-corrected chi connectivity index (χ0v) is 13.4. The van der Waals surface area contributed by atoms with Gasteiger partial charge in [0.15, 0.2) is 9.84 Å². The van der Waals surface area contributed by atoms with Crippen molar-refractivity contribution in [2.45, 2.75) is 16.1 Å². The maximum atomic E-state index is 12.6. The van der Waals surface area contributed by atoms with Crippen LogP contribution in [0.2, 0.25) is 0 Å². The summed E-state index contributed by atoms with van der Waals surface area (Å²) in [5.41, 5.74) is 0.889. The second kappa shape index (κ2) is 5.39. The van der Waals surface area contributed by atoms with Gasteiger partial charge in [0.2, 0.25) is 0 Å². The van der Waals surface area contributed by atoms with Crippen molar-refractivity contribution < 1.29 is 13.2 Å². The van der Waals surface area contributed by atoms with Gasteiger partial charge in [0, 0.05) is 16.3 Å². The summed E-state index contributed by atoms with van der Waals surface area (Å²) in [6.07, 6.45) is 0.762. The van der Waals surface area contributed by atoms with Crippen LogP contribution in [0.3, 0.4) is 0 Å². The fraction of sp³-hybridized carbons (Fsp3) is 0.188. The molecule has 0 aliphatic heterocycles. The van der Waals surface area contributed by atoms with Crippen LogP contribution in [-0.4, -0.2) is 20.0 Å². The average molecular weight is 365 g/mol. The molecule has 0 heterocycles. The molecule has 1 aliphatic carbocycles. The van der Waals surface area contributed by atoms with Gasteiger partial charge in [-0.3, -0.25) is 0 Å². The third-order valence-electron chi connectivity index (χ3n) is 3.85. The summed E-state index contributed by atoms with van der Waals surface area (Å²) in [4.78, 5) is 11.5. The van der Waals surface area contributed by atoms with Crippen molar-refractivity contribution in [2.75, 3.05) is 0 Å². The summed E-state index contributed by atoms with van der Waals surface area (Å²) in [5, 5.41) is -0.654.